The number of carbonyl (C=O) groups is 1. The molecular weight excluding hydrogens is 168 g/mol. The Morgan fingerprint density at radius 2 is 2.15 bits per heavy atom. The summed E-state index contributed by atoms with van der Waals surface area (Å²) in [6, 6.07) is 0. The fraction of sp³-hybridized carbons (Fsp3) is 0.667. The van der Waals surface area contributed by atoms with E-state index in [1.54, 1.807) is 0 Å². The Bertz CT molecular complexity index is 292. The predicted octanol–water partition coefficient (Wildman–Crippen LogP) is 1.86. The summed E-state index contributed by atoms with van der Waals surface area (Å²) in [4.78, 5) is 11.4. The van der Waals surface area contributed by atoms with Crippen molar-refractivity contribution < 1.29 is 9.21 Å². The lowest BCUT2D eigenvalue weighted by molar-refractivity contribution is 0.0902. The number of nitrogens with zero attached hydrogens (tertiary/aromatic N) is 2. The van der Waals surface area contributed by atoms with Crippen LogP contribution in [0.4, 0.5) is 0 Å². The van der Waals surface area contributed by atoms with Crippen LogP contribution in [0.15, 0.2) is 4.42 Å². The Morgan fingerprint density at radius 3 is 2.69 bits per heavy atom. The van der Waals surface area contributed by atoms with Crippen LogP contribution in [0.3, 0.4) is 0 Å². The van der Waals surface area contributed by atoms with Gasteiger partial charge in [0.2, 0.25) is 11.7 Å². The minimum absolute atomic E-state index is 0.0880. The van der Waals surface area contributed by atoms with E-state index in [1.807, 2.05) is 20.8 Å². The van der Waals surface area contributed by atoms with Gasteiger partial charge in [0.05, 0.1) is 0 Å². The molecule has 1 rings (SSSR count). The van der Waals surface area contributed by atoms with Gasteiger partial charge in [-0.05, 0) is 6.42 Å². The average Bonchev–Trinajstić information content (AvgIpc) is 2.52. The standard InChI is InChI=1S/C9H14N2O2/c1-4-5-7-10-11-9(13-7)8(12)6(2)3/h6H,4-5H2,1-3H3. The van der Waals surface area contributed by atoms with Crippen molar-refractivity contribution in [3.8, 4) is 0 Å². The lowest BCUT2D eigenvalue weighted by Crippen LogP contribution is -2.07. The number of carbonyl (C=O) groups excluding carboxylic acids is 1. The highest BCUT2D eigenvalue weighted by Gasteiger charge is 2.17. The Hall–Kier alpha value is -1.19. The summed E-state index contributed by atoms with van der Waals surface area (Å²) in [6.45, 7) is 5.65. The second kappa shape index (κ2) is 4.16. The molecule has 0 aromatic carbocycles. The first kappa shape index (κ1) is 9.89. The molecule has 1 aromatic rings. The number of aromatic nitrogens is 2. The van der Waals surface area contributed by atoms with Crippen LogP contribution in [0.25, 0.3) is 0 Å². The molecule has 72 valence electrons. The molecule has 1 heterocycles. The summed E-state index contributed by atoms with van der Waals surface area (Å²) in [6.07, 6.45) is 1.68. The lowest BCUT2D eigenvalue weighted by atomic mass is 10.1. The van der Waals surface area contributed by atoms with Crippen LogP contribution < -0.4 is 0 Å². The summed E-state index contributed by atoms with van der Waals surface area (Å²) in [5, 5.41) is 7.46. The number of hydrogen-bond acceptors (Lipinski definition) is 4. The predicted molar refractivity (Wildman–Crippen MR) is 47.5 cm³/mol. The number of aryl methyl sites for hydroxylation is 1. The fourth-order valence-electron chi connectivity index (χ4n) is 0.915. The van der Waals surface area contributed by atoms with Gasteiger partial charge in [-0.15, -0.1) is 10.2 Å². The van der Waals surface area contributed by atoms with E-state index >= 15 is 0 Å². The van der Waals surface area contributed by atoms with E-state index in [2.05, 4.69) is 10.2 Å². The van der Waals surface area contributed by atoms with E-state index in [9.17, 15) is 4.79 Å². The number of hydrogen-bond donors (Lipinski definition) is 0. The van der Waals surface area contributed by atoms with Crippen LogP contribution in [0.2, 0.25) is 0 Å². The van der Waals surface area contributed by atoms with Crippen molar-refractivity contribution in [3.05, 3.63) is 11.8 Å². The van der Waals surface area contributed by atoms with Crippen molar-refractivity contribution in [2.75, 3.05) is 0 Å². The number of Topliss-reactive ketones (excluding diaryl/α,β-unsaturated/α-hetero) is 1. The van der Waals surface area contributed by atoms with Gasteiger partial charge in [-0.3, -0.25) is 4.79 Å². The average molecular weight is 182 g/mol. The summed E-state index contributed by atoms with van der Waals surface area (Å²) in [7, 11) is 0. The largest absolute Gasteiger partial charge is 0.418 e. The zero-order valence-corrected chi connectivity index (χ0v) is 8.20. The van der Waals surface area contributed by atoms with Crippen molar-refractivity contribution in [3.63, 3.8) is 0 Å². The van der Waals surface area contributed by atoms with E-state index in [4.69, 9.17) is 4.42 Å². The van der Waals surface area contributed by atoms with Gasteiger partial charge < -0.3 is 4.42 Å². The first-order valence-corrected chi connectivity index (χ1v) is 4.51. The molecule has 4 heteroatoms. The molecule has 4 nitrogen and oxygen atoms in total. The maximum Gasteiger partial charge on any atom is 0.284 e. The van der Waals surface area contributed by atoms with Crippen LogP contribution in [0, 0.1) is 5.92 Å². The Balaban J connectivity index is 2.73. The molecule has 0 amide bonds. The van der Waals surface area contributed by atoms with Crippen molar-refractivity contribution in [2.45, 2.75) is 33.6 Å². The summed E-state index contributed by atoms with van der Waals surface area (Å²) in [5.74, 6) is 0.509. The summed E-state index contributed by atoms with van der Waals surface area (Å²) in [5.41, 5.74) is 0. The van der Waals surface area contributed by atoms with Gasteiger partial charge >= 0.3 is 0 Å². The van der Waals surface area contributed by atoms with Crippen LogP contribution >= 0.6 is 0 Å². The van der Waals surface area contributed by atoms with E-state index in [1.165, 1.54) is 0 Å². The van der Waals surface area contributed by atoms with Gasteiger partial charge in [-0.2, -0.15) is 0 Å². The normalized spacial score (nSPS) is 10.8. The first-order chi connectivity index (χ1) is 6.15. The fourth-order valence-corrected chi connectivity index (χ4v) is 0.915. The molecular formula is C9H14N2O2. The van der Waals surface area contributed by atoms with Crippen molar-refractivity contribution in [2.24, 2.45) is 5.92 Å². The van der Waals surface area contributed by atoms with Crippen LogP contribution in [-0.4, -0.2) is 16.0 Å². The highest BCUT2D eigenvalue weighted by atomic mass is 16.4. The third-order valence-corrected chi connectivity index (χ3v) is 1.67. The topological polar surface area (TPSA) is 56.0 Å². The quantitative estimate of drug-likeness (QED) is 0.667. The zero-order chi connectivity index (χ0) is 9.84. The molecule has 0 aliphatic rings. The van der Waals surface area contributed by atoms with Gasteiger partial charge in [0.25, 0.3) is 5.89 Å². The molecule has 0 aliphatic heterocycles. The molecule has 1 aromatic heterocycles. The molecule has 0 spiro atoms. The minimum Gasteiger partial charge on any atom is -0.418 e. The molecule has 0 fully saturated rings. The van der Waals surface area contributed by atoms with E-state index in [0.717, 1.165) is 12.8 Å². The van der Waals surface area contributed by atoms with E-state index < -0.39 is 0 Å². The molecule has 0 saturated heterocycles. The van der Waals surface area contributed by atoms with Crippen molar-refractivity contribution in [1.29, 1.82) is 0 Å². The Labute approximate surface area is 77.3 Å². The summed E-state index contributed by atoms with van der Waals surface area (Å²) >= 11 is 0. The van der Waals surface area contributed by atoms with Gasteiger partial charge in [-0.1, -0.05) is 20.8 Å². The Morgan fingerprint density at radius 1 is 1.46 bits per heavy atom. The number of ketones is 1. The highest BCUT2D eigenvalue weighted by Crippen LogP contribution is 2.08. The maximum absolute atomic E-state index is 11.4. The molecule has 0 aliphatic carbocycles. The lowest BCUT2D eigenvalue weighted by Gasteiger charge is -1.96. The molecule has 0 saturated carbocycles. The van der Waals surface area contributed by atoms with E-state index in [-0.39, 0.29) is 17.6 Å². The van der Waals surface area contributed by atoms with Crippen LogP contribution in [0.5, 0.6) is 0 Å². The van der Waals surface area contributed by atoms with E-state index in [0.29, 0.717) is 5.89 Å². The SMILES string of the molecule is CCCc1nnc(C(=O)C(C)C)o1. The smallest absolute Gasteiger partial charge is 0.284 e. The molecule has 0 bridgehead atoms. The number of rotatable bonds is 4. The minimum atomic E-state index is -0.0881. The molecule has 13 heavy (non-hydrogen) atoms. The third-order valence-electron chi connectivity index (χ3n) is 1.67. The second-order valence-electron chi connectivity index (χ2n) is 3.27. The second-order valence-corrected chi connectivity index (χ2v) is 3.27. The first-order valence-electron chi connectivity index (χ1n) is 4.51. The Kier molecular flexibility index (Phi) is 3.17. The van der Waals surface area contributed by atoms with Gasteiger partial charge in [0, 0.05) is 12.3 Å². The molecule has 0 radical (unpaired) electrons. The highest BCUT2D eigenvalue weighted by molar-refractivity contribution is 5.92. The van der Waals surface area contributed by atoms with Gasteiger partial charge in [0.15, 0.2) is 0 Å². The molecule has 0 N–H and O–H groups in total. The van der Waals surface area contributed by atoms with Crippen LogP contribution in [-0.2, 0) is 6.42 Å². The van der Waals surface area contributed by atoms with Gasteiger partial charge in [0.1, 0.15) is 0 Å². The molecule has 0 atom stereocenters. The van der Waals surface area contributed by atoms with Crippen molar-refractivity contribution >= 4 is 5.78 Å². The monoisotopic (exact) mass is 182 g/mol. The third kappa shape index (κ3) is 2.37. The maximum atomic E-state index is 11.4. The summed E-state index contributed by atoms with van der Waals surface area (Å²) < 4.78 is 5.18. The van der Waals surface area contributed by atoms with Crippen LogP contribution in [0.1, 0.15) is 43.8 Å². The van der Waals surface area contributed by atoms with Gasteiger partial charge in [-0.25, -0.2) is 0 Å². The van der Waals surface area contributed by atoms with Crippen molar-refractivity contribution in [1.82, 2.24) is 10.2 Å². The molecule has 0 unspecified atom stereocenters. The zero-order valence-electron chi connectivity index (χ0n) is 8.20.